The fourth-order valence-corrected chi connectivity index (χ4v) is 3.28. The maximum Gasteiger partial charge on any atom is 0.315 e. The molecule has 0 saturated heterocycles. The summed E-state index contributed by atoms with van der Waals surface area (Å²) in [6, 6.07) is 11.7. The van der Waals surface area contributed by atoms with Crippen molar-refractivity contribution in [1.82, 2.24) is 15.0 Å². The van der Waals surface area contributed by atoms with Gasteiger partial charge in [0.05, 0.1) is 4.90 Å². The Balaban J connectivity index is 1.90. The molecule has 10 heteroatoms. The van der Waals surface area contributed by atoms with Gasteiger partial charge in [-0.3, -0.25) is 4.55 Å². The van der Waals surface area contributed by atoms with Crippen molar-refractivity contribution in [3.05, 3.63) is 59.7 Å². The molecule has 28 heavy (non-hydrogen) atoms. The minimum absolute atomic E-state index is 0.0412. The van der Waals surface area contributed by atoms with E-state index in [1.165, 1.54) is 25.1 Å². The van der Waals surface area contributed by atoms with Crippen molar-refractivity contribution in [2.75, 3.05) is 17.3 Å². The highest BCUT2D eigenvalue weighted by molar-refractivity contribution is 7.85. The van der Waals surface area contributed by atoms with Crippen LogP contribution in [0, 0.1) is 19.9 Å². The molecule has 1 heterocycles. The van der Waals surface area contributed by atoms with Gasteiger partial charge in [-0.25, -0.2) is 0 Å². The average molecular weight is 403 g/mol. The first-order chi connectivity index (χ1) is 13.1. The third-order valence-corrected chi connectivity index (χ3v) is 5.04. The van der Waals surface area contributed by atoms with Gasteiger partial charge in [0, 0.05) is 18.4 Å². The summed E-state index contributed by atoms with van der Waals surface area (Å²) >= 11 is 0. The van der Waals surface area contributed by atoms with E-state index in [4.69, 9.17) is 0 Å². The zero-order chi connectivity index (χ0) is 20.5. The number of aryl methyl sites for hydroxylation is 2. The third-order valence-electron chi connectivity index (χ3n) is 4.03. The lowest BCUT2D eigenvalue weighted by atomic mass is 10.2. The smallest absolute Gasteiger partial charge is 0.315 e. The number of anilines is 4. The summed E-state index contributed by atoms with van der Waals surface area (Å²) in [5.41, 5.74) is 2.61. The Morgan fingerprint density at radius 2 is 1.71 bits per heavy atom. The molecule has 1 aromatic heterocycles. The molecule has 0 amide bonds. The highest BCUT2D eigenvalue weighted by atomic mass is 32.2. The fourth-order valence-electron chi connectivity index (χ4n) is 2.58. The minimum Gasteiger partial charge on any atom is -0.324 e. The number of rotatable bonds is 5. The fraction of sp³-hybridized carbons (Fsp3) is 0.167. The number of benzene rings is 2. The Hall–Kier alpha value is -3.11. The molecular weight excluding hydrogens is 385 g/mol. The molecule has 3 aromatic rings. The van der Waals surface area contributed by atoms with Crippen molar-refractivity contribution in [2.24, 2.45) is 0 Å². The number of nitrogens with zero attached hydrogens (tertiary/aromatic N) is 4. The van der Waals surface area contributed by atoms with Crippen LogP contribution in [0.3, 0.4) is 0 Å². The average Bonchev–Trinajstić information content (AvgIpc) is 2.60. The Kier molecular flexibility index (Phi) is 5.25. The van der Waals surface area contributed by atoms with Gasteiger partial charge in [-0.1, -0.05) is 17.7 Å². The van der Waals surface area contributed by atoms with Gasteiger partial charge < -0.3 is 10.2 Å². The quantitative estimate of drug-likeness (QED) is 0.624. The third kappa shape index (κ3) is 4.41. The molecule has 146 valence electrons. The number of hydrogen-bond donors (Lipinski definition) is 2. The molecule has 0 aliphatic carbocycles. The van der Waals surface area contributed by atoms with Gasteiger partial charge in [0.15, 0.2) is 0 Å². The predicted molar refractivity (Wildman–Crippen MR) is 103 cm³/mol. The predicted octanol–water partition coefficient (Wildman–Crippen LogP) is 3.39. The summed E-state index contributed by atoms with van der Waals surface area (Å²) < 4.78 is 45.7. The van der Waals surface area contributed by atoms with E-state index in [2.05, 4.69) is 20.3 Å². The molecule has 0 aliphatic heterocycles. The van der Waals surface area contributed by atoms with Crippen LogP contribution in [-0.2, 0) is 10.1 Å². The zero-order valence-corrected chi connectivity index (χ0v) is 16.2. The Bertz CT molecular complexity index is 1120. The van der Waals surface area contributed by atoms with Gasteiger partial charge >= 0.3 is 6.08 Å². The van der Waals surface area contributed by atoms with E-state index in [-0.39, 0.29) is 16.8 Å². The minimum atomic E-state index is -4.32. The number of aromatic nitrogens is 3. The number of hydrogen-bond acceptors (Lipinski definition) is 7. The summed E-state index contributed by atoms with van der Waals surface area (Å²) in [6.07, 6.45) is -0.960. The number of halogens is 1. The molecule has 2 aromatic carbocycles. The molecule has 8 nitrogen and oxygen atoms in total. The van der Waals surface area contributed by atoms with E-state index in [1.807, 2.05) is 31.2 Å². The van der Waals surface area contributed by atoms with Crippen molar-refractivity contribution >= 4 is 33.4 Å². The van der Waals surface area contributed by atoms with E-state index in [0.717, 1.165) is 11.3 Å². The van der Waals surface area contributed by atoms with Crippen LogP contribution in [0.15, 0.2) is 47.4 Å². The molecule has 0 spiro atoms. The summed E-state index contributed by atoms with van der Waals surface area (Å²) in [5, 5.41) is 2.81. The topological polar surface area (TPSA) is 108 Å². The highest BCUT2D eigenvalue weighted by Crippen LogP contribution is 2.24. The van der Waals surface area contributed by atoms with Crippen LogP contribution in [0.1, 0.15) is 11.1 Å². The van der Waals surface area contributed by atoms with Crippen molar-refractivity contribution in [3.8, 4) is 0 Å². The second-order valence-corrected chi connectivity index (χ2v) is 7.59. The molecule has 0 unspecified atom stereocenters. The molecule has 0 bridgehead atoms. The summed E-state index contributed by atoms with van der Waals surface area (Å²) in [6.45, 7) is 3.49. The molecular formula is C18H18FN5O3S. The van der Waals surface area contributed by atoms with Gasteiger partial charge in [0.25, 0.3) is 10.1 Å². The first-order valence-electron chi connectivity index (χ1n) is 8.20. The van der Waals surface area contributed by atoms with E-state index in [1.54, 1.807) is 11.9 Å². The van der Waals surface area contributed by atoms with Gasteiger partial charge in [-0.05, 0) is 49.7 Å². The molecule has 2 N–H and O–H groups in total. The lowest BCUT2D eigenvalue weighted by Gasteiger charge is -2.18. The summed E-state index contributed by atoms with van der Waals surface area (Å²) in [4.78, 5) is 13.0. The lowest BCUT2D eigenvalue weighted by molar-refractivity contribution is 0.482. The summed E-state index contributed by atoms with van der Waals surface area (Å²) in [7, 11) is -2.61. The van der Waals surface area contributed by atoms with Crippen molar-refractivity contribution < 1.29 is 17.4 Å². The first kappa shape index (κ1) is 19.6. The van der Waals surface area contributed by atoms with Crippen molar-refractivity contribution in [1.29, 1.82) is 0 Å². The van der Waals surface area contributed by atoms with E-state index in [9.17, 15) is 17.4 Å². The SMILES string of the molecule is Cc1ccc(N(C)c2nc(F)nc(Nc3ccc(S(=O)(=O)O)c(C)c3)n2)cc1. The molecule has 0 atom stereocenters. The Labute approximate surface area is 161 Å². The Morgan fingerprint density at radius 3 is 2.32 bits per heavy atom. The largest absolute Gasteiger partial charge is 0.324 e. The monoisotopic (exact) mass is 403 g/mol. The van der Waals surface area contributed by atoms with Crippen LogP contribution in [0.4, 0.5) is 27.7 Å². The molecule has 0 aliphatic rings. The Morgan fingerprint density at radius 1 is 1.04 bits per heavy atom. The number of nitrogens with one attached hydrogen (secondary N) is 1. The van der Waals surface area contributed by atoms with Gasteiger partial charge in [-0.2, -0.15) is 27.8 Å². The van der Waals surface area contributed by atoms with Crippen LogP contribution in [0.5, 0.6) is 0 Å². The van der Waals surface area contributed by atoms with Crippen LogP contribution in [0.25, 0.3) is 0 Å². The second kappa shape index (κ2) is 7.49. The van der Waals surface area contributed by atoms with Crippen molar-refractivity contribution in [2.45, 2.75) is 18.7 Å². The van der Waals surface area contributed by atoms with Crippen LogP contribution in [-0.4, -0.2) is 35.0 Å². The maximum atomic E-state index is 13.9. The molecule has 3 rings (SSSR count). The zero-order valence-electron chi connectivity index (χ0n) is 15.4. The van der Waals surface area contributed by atoms with E-state index < -0.39 is 16.2 Å². The van der Waals surface area contributed by atoms with E-state index >= 15 is 0 Å². The van der Waals surface area contributed by atoms with Crippen LogP contribution >= 0.6 is 0 Å². The van der Waals surface area contributed by atoms with E-state index in [0.29, 0.717) is 11.3 Å². The van der Waals surface area contributed by atoms with Gasteiger partial charge in [-0.15, -0.1) is 0 Å². The first-order valence-corrected chi connectivity index (χ1v) is 9.64. The van der Waals surface area contributed by atoms with Crippen molar-refractivity contribution in [3.63, 3.8) is 0 Å². The van der Waals surface area contributed by atoms with Crippen LogP contribution < -0.4 is 10.2 Å². The second-order valence-electron chi connectivity index (χ2n) is 6.20. The standard InChI is InChI=1S/C18H18FN5O3S/c1-11-4-7-14(8-5-11)24(3)18-22-16(19)21-17(23-18)20-13-6-9-15(12(2)10-13)28(25,26)27/h4-10H,1-3H3,(H,25,26,27)(H,20,21,22,23). The molecule has 0 radical (unpaired) electrons. The molecule has 0 fully saturated rings. The highest BCUT2D eigenvalue weighted by Gasteiger charge is 2.15. The van der Waals surface area contributed by atoms with Crippen LogP contribution in [0.2, 0.25) is 0 Å². The maximum absolute atomic E-state index is 13.9. The van der Waals surface area contributed by atoms with Gasteiger partial charge in [0.1, 0.15) is 0 Å². The molecule has 0 saturated carbocycles. The summed E-state index contributed by atoms with van der Waals surface area (Å²) in [5.74, 6) is 0.0607. The van der Waals surface area contributed by atoms with Gasteiger partial charge in [0.2, 0.25) is 11.9 Å². The normalized spacial score (nSPS) is 11.3. The lowest BCUT2D eigenvalue weighted by Crippen LogP contribution is -2.15.